The van der Waals surface area contributed by atoms with Gasteiger partial charge in [-0.25, -0.2) is 0 Å². The Morgan fingerprint density at radius 2 is 2.00 bits per heavy atom. The second-order valence-electron chi connectivity index (χ2n) is 3.63. The van der Waals surface area contributed by atoms with Gasteiger partial charge in [-0.2, -0.15) is 0 Å². The Hall–Kier alpha value is -1.63. The average molecular weight is 246 g/mol. The molecule has 0 aromatic carbocycles. The number of ether oxygens (including phenoxy) is 1. The lowest BCUT2D eigenvalue weighted by atomic mass is 10.2. The summed E-state index contributed by atoms with van der Waals surface area (Å²) < 4.78 is 4.89. The van der Waals surface area contributed by atoms with Crippen molar-refractivity contribution in [1.29, 1.82) is 0 Å². The number of nitrogens with zero attached hydrogens (tertiary/aromatic N) is 1. The molecule has 17 heavy (non-hydrogen) atoms. The number of amides is 2. The highest BCUT2D eigenvalue weighted by Crippen LogP contribution is 1.95. The van der Waals surface area contributed by atoms with E-state index in [-0.39, 0.29) is 31.3 Å². The van der Waals surface area contributed by atoms with Gasteiger partial charge < -0.3 is 20.1 Å². The lowest BCUT2D eigenvalue weighted by Crippen LogP contribution is -2.41. The largest absolute Gasteiger partial charge is 0.481 e. The zero-order chi connectivity index (χ0) is 13.4. The monoisotopic (exact) mass is 246 g/mol. The molecule has 2 N–H and O–H groups in total. The lowest BCUT2D eigenvalue weighted by Gasteiger charge is -2.17. The van der Waals surface area contributed by atoms with E-state index in [1.807, 2.05) is 0 Å². The van der Waals surface area contributed by atoms with E-state index >= 15 is 0 Å². The number of carbonyl (C=O) groups is 3. The molecule has 0 bridgehead atoms. The Kier molecular flexibility index (Phi) is 6.88. The van der Waals surface area contributed by atoms with Gasteiger partial charge in [0, 0.05) is 27.6 Å². The third-order valence-electron chi connectivity index (χ3n) is 2.18. The number of carbonyl (C=O) groups excluding carboxylic acids is 2. The summed E-state index contributed by atoms with van der Waals surface area (Å²) in [6, 6.07) is 0. The standard InChI is InChI=1S/C10H18N2O5/c1-7(13)12(2)6-9(14)11-5-8(17-3)4-10(15)16/h8H,4-6H2,1-3H3,(H,11,14)(H,15,16). The van der Waals surface area contributed by atoms with Crippen LogP contribution < -0.4 is 5.32 Å². The lowest BCUT2D eigenvalue weighted by molar-refractivity contribution is -0.140. The van der Waals surface area contributed by atoms with Crippen molar-refractivity contribution in [1.82, 2.24) is 10.2 Å². The van der Waals surface area contributed by atoms with Crippen LogP contribution in [-0.4, -0.2) is 61.1 Å². The molecule has 0 aromatic heterocycles. The van der Waals surface area contributed by atoms with E-state index in [9.17, 15) is 14.4 Å². The molecular weight excluding hydrogens is 228 g/mol. The highest BCUT2D eigenvalue weighted by atomic mass is 16.5. The maximum atomic E-state index is 11.4. The molecule has 7 nitrogen and oxygen atoms in total. The Morgan fingerprint density at radius 3 is 2.41 bits per heavy atom. The zero-order valence-corrected chi connectivity index (χ0v) is 10.2. The number of rotatable bonds is 7. The number of nitrogens with one attached hydrogen (secondary N) is 1. The summed E-state index contributed by atoms with van der Waals surface area (Å²) in [4.78, 5) is 33.9. The van der Waals surface area contributed by atoms with Crippen molar-refractivity contribution in [2.75, 3.05) is 27.2 Å². The number of hydrogen-bond donors (Lipinski definition) is 2. The molecular formula is C10H18N2O5. The molecule has 0 aliphatic carbocycles. The molecule has 0 saturated carbocycles. The number of likely N-dealkylation sites (N-methyl/N-ethyl adjacent to an activating group) is 1. The van der Waals surface area contributed by atoms with Gasteiger partial charge in [-0.1, -0.05) is 0 Å². The Bertz CT molecular complexity index is 292. The first-order valence-electron chi connectivity index (χ1n) is 5.09. The predicted molar refractivity (Wildman–Crippen MR) is 59.4 cm³/mol. The van der Waals surface area contributed by atoms with Gasteiger partial charge in [0.15, 0.2) is 0 Å². The van der Waals surface area contributed by atoms with E-state index in [1.54, 1.807) is 0 Å². The molecule has 0 aromatic rings. The second kappa shape index (κ2) is 7.61. The topological polar surface area (TPSA) is 95.9 Å². The predicted octanol–water partition coefficient (Wildman–Crippen LogP) is -0.929. The first-order chi connectivity index (χ1) is 7.86. The molecule has 0 spiro atoms. The second-order valence-corrected chi connectivity index (χ2v) is 3.63. The quantitative estimate of drug-likeness (QED) is 0.605. The van der Waals surface area contributed by atoms with Crippen molar-refractivity contribution in [3.05, 3.63) is 0 Å². The highest BCUT2D eigenvalue weighted by molar-refractivity contribution is 5.83. The summed E-state index contributed by atoms with van der Waals surface area (Å²) in [5, 5.41) is 11.1. The third kappa shape index (κ3) is 7.29. The number of aliphatic carboxylic acids is 1. The maximum absolute atomic E-state index is 11.4. The minimum Gasteiger partial charge on any atom is -0.481 e. The molecule has 0 fully saturated rings. The van der Waals surface area contributed by atoms with Crippen LogP contribution in [0.3, 0.4) is 0 Å². The molecule has 1 atom stereocenters. The van der Waals surface area contributed by atoms with E-state index < -0.39 is 12.1 Å². The van der Waals surface area contributed by atoms with Crippen molar-refractivity contribution in [3.63, 3.8) is 0 Å². The van der Waals surface area contributed by atoms with Gasteiger partial charge in [0.25, 0.3) is 0 Å². The smallest absolute Gasteiger partial charge is 0.306 e. The number of hydrogen-bond acceptors (Lipinski definition) is 4. The van der Waals surface area contributed by atoms with Gasteiger partial charge in [0.05, 0.1) is 19.1 Å². The normalized spacial score (nSPS) is 11.7. The summed E-state index contributed by atoms with van der Waals surface area (Å²) in [7, 11) is 2.88. The Labute approximate surface area is 99.7 Å². The molecule has 2 amide bonds. The SMILES string of the molecule is COC(CNC(=O)CN(C)C(C)=O)CC(=O)O. The highest BCUT2D eigenvalue weighted by Gasteiger charge is 2.14. The molecule has 0 saturated heterocycles. The Morgan fingerprint density at radius 1 is 1.41 bits per heavy atom. The van der Waals surface area contributed by atoms with Crippen molar-refractivity contribution < 1.29 is 24.2 Å². The van der Waals surface area contributed by atoms with Crippen molar-refractivity contribution in [2.45, 2.75) is 19.4 Å². The van der Waals surface area contributed by atoms with Crippen LogP contribution >= 0.6 is 0 Å². The summed E-state index contributed by atoms with van der Waals surface area (Å²) in [6.45, 7) is 1.40. The van der Waals surface area contributed by atoms with Crippen molar-refractivity contribution in [3.8, 4) is 0 Å². The van der Waals surface area contributed by atoms with Crippen LogP contribution in [0, 0.1) is 0 Å². The zero-order valence-electron chi connectivity index (χ0n) is 10.2. The van der Waals surface area contributed by atoms with Crippen LogP contribution in [-0.2, 0) is 19.1 Å². The summed E-state index contributed by atoms with van der Waals surface area (Å²) >= 11 is 0. The molecule has 0 aliphatic rings. The fourth-order valence-corrected chi connectivity index (χ4v) is 1.04. The molecule has 1 unspecified atom stereocenters. The van der Waals surface area contributed by atoms with Crippen LogP contribution in [0.5, 0.6) is 0 Å². The van der Waals surface area contributed by atoms with Crippen LogP contribution in [0.2, 0.25) is 0 Å². The summed E-state index contributed by atoms with van der Waals surface area (Å²) in [5.74, 6) is -1.56. The molecule has 98 valence electrons. The van der Waals surface area contributed by atoms with E-state index in [4.69, 9.17) is 9.84 Å². The molecule has 0 heterocycles. The van der Waals surface area contributed by atoms with Crippen LogP contribution in [0.15, 0.2) is 0 Å². The van der Waals surface area contributed by atoms with Gasteiger partial charge >= 0.3 is 5.97 Å². The van der Waals surface area contributed by atoms with Gasteiger partial charge in [0.2, 0.25) is 11.8 Å². The number of methoxy groups -OCH3 is 1. The summed E-state index contributed by atoms with van der Waals surface area (Å²) in [6.07, 6.45) is -0.752. The van der Waals surface area contributed by atoms with E-state index in [0.717, 1.165) is 0 Å². The van der Waals surface area contributed by atoms with Gasteiger partial charge in [-0.3, -0.25) is 14.4 Å². The molecule has 0 radical (unpaired) electrons. The van der Waals surface area contributed by atoms with Gasteiger partial charge in [-0.05, 0) is 0 Å². The number of carboxylic acids is 1. The van der Waals surface area contributed by atoms with E-state index in [1.165, 1.54) is 26.0 Å². The minimum atomic E-state index is -0.994. The first-order valence-corrected chi connectivity index (χ1v) is 5.09. The number of carboxylic acid groups (broad SMARTS) is 1. The molecule has 0 aliphatic heterocycles. The van der Waals surface area contributed by atoms with Gasteiger partial charge in [0.1, 0.15) is 0 Å². The maximum Gasteiger partial charge on any atom is 0.306 e. The Balaban J connectivity index is 3.96. The van der Waals surface area contributed by atoms with Crippen molar-refractivity contribution >= 4 is 17.8 Å². The van der Waals surface area contributed by atoms with Crippen LogP contribution in [0.4, 0.5) is 0 Å². The average Bonchev–Trinajstić information content (AvgIpc) is 2.23. The minimum absolute atomic E-state index is 0.0567. The van der Waals surface area contributed by atoms with Gasteiger partial charge in [-0.15, -0.1) is 0 Å². The molecule has 0 rings (SSSR count). The third-order valence-corrected chi connectivity index (χ3v) is 2.18. The fraction of sp³-hybridized carbons (Fsp3) is 0.700. The van der Waals surface area contributed by atoms with E-state index in [0.29, 0.717) is 0 Å². The molecule has 7 heteroatoms. The van der Waals surface area contributed by atoms with Crippen LogP contribution in [0.25, 0.3) is 0 Å². The van der Waals surface area contributed by atoms with E-state index in [2.05, 4.69) is 5.32 Å². The van der Waals surface area contributed by atoms with Crippen LogP contribution in [0.1, 0.15) is 13.3 Å². The summed E-state index contributed by atoms with van der Waals surface area (Å²) in [5.41, 5.74) is 0. The fourth-order valence-electron chi connectivity index (χ4n) is 1.04. The van der Waals surface area contributed by atoms with Crippen molar-refractivity contribution in [2.24, 2.45) is 0 Å². The first kappa shape index (κ1) is 15.4.